The second-order valence-corrected chi connectivity index (χ2v) is 6.37. The highest BCUT2D eigenvalue weighted by molar-refractivity contribution is 7.90. The lowest BCUT2D eigenvalue weighted by molar-refractivity contribution is 0.0691. The van der Waals surface area contributed by atoms with Crippen LogP contribution in [0, 0.1) is 19.7 Å². The summed E-state index contributed by atoms with van der Waals surface area (Å²) in [5, 5.41) is 16.0. The number of hydrogen-bond acceptors (Lipinski definition) is 6. The van der Waals surface area contributed by atoms with Gasteiger partial charge >= 0.3 is 5.97 Å². The number of rotatable bonds is 4. The van der Waals surface area contributed by atoms with E-state index in [2.05, 4.69) is 10.2 Å². The van der Waals surface area contributed by atoms with E-state index in [4.69, 9.17) is 9.52 Å². The summed E-state index contributed by atoms with van der Waals surface area (Å²) in [6.07, 6.45) is 0. The van der Waals surface area contributed by atoms with Crippen molar-refractivity contribution in [2.75, 3.05) is 0 Å². The predicted molar refractivity (Wildman–Crippen MR) is 68.0 cm³/mol. The maximum absolute atomic E-state index is 13.6. The Balaban J connectivity index is 2.47. The Labute approximate surface area is 119 Å². The maximum atomic E-state index is 13.6. The van der Waals surface area contributed by atoms with E-state index in [1.165, 1.54) is 13.8 Å². The van der Waals surface area contributed by atoms with Gasteiger partial charge in [0.1, 0.15) is 11.6 Å². The molecule has 1 aromatic heterocycles. The molecule has 0 radical (unpaired) electrons. The molecule has 0 saturated carbocycles. The molecule has 0 unspecified atom stereocenters. The normalized spacial score (nSPS) is 11.6. The molecule has 2 rings (SSSR count). The van der Waals surface area contributed by atoms with Crippen molar-refractivity contribution in [2.45, 2.75) is 24.5 Å². The molecule has 7 nitrogen and oxygen atoms in total. The van der Waals surface area contributed by atoms with Gasteiger partial charge in [-0.15, -0.1) is 10.2 Å². The minimum Gasteiger partial charge on any atom is -0.478 e. The predicted octanol–water partition coefficient (Wildman–Crippen LogP) is 1.50. The standard InChI is InChI=1S/C12H11FN2O5S/c1-6-3-8(4-9(11(6)13)12(16)17)21(18,19)5-10-15-14-7(2)20-10/h3-4H,5H2,1-2H3,(H,16,17). The van der Waals surface area contributed by atoms with Crippen LogP contribution in [0.25, 0.3) is 0 Å². The number of nitrogens with zero attached hydrogens (tertiary/aromatic N) is 2. The van der Waals surface area contributed by atoms with E-state index in [9.17, 15) is 17.6 Å². The summed E-state index contributed by atoms with van der Waals surface area (Å²) in [5.74, 6) is -3.00. The Hall–Kier alpha value is -2.29. The number of aromatic carboxylic acids is 1. The third-order valence-electron chi connectivity index (χ3n) is 2.70. The summed E-state index contributed by atoms with van der Waals surface area (Å²) in [7, 11) is -3.92. The monoisotopic (exact) mass is 314 g/mol. The van der Waals surface area contributed by atoms with Gasteiger partial charge in [-0.3, -0.25) is 0 Å². The number of sulfone groups is 1. The minimum atomic E-state index is -3.92. The minimum absolute atomic E-state index is 0.0739. The average Bonchev–Trinajstić information content (AvgIpc) is 2.76. The lowest BCUT2D eigenvalue weighted by Gasteiger charge is -2.07. The van der Waals surface area contributed by atoms with Gasteiger partial charge in [0.05, 0.1) is 10.5 Å². The van der Waals surface area contributed by atoms with E-state index in [1.54, 1.807) is 0 Å². The van der Waals surface area contributed by atoms with Crippen LogP contribution in [-0.4, -0.2) is 29.7 Å². The summed E-state index contributed by atoms with van der Waals surface area (Å²) >= 11 is 0. The zero-order valence-electron chi connectivity index (χ0n) is 11.1. The smallest absolute Gasteiger partial charge is 0.338 e. The second-order valence-electron chi connectivity index (χ2n) is 4.38. The van der Waals surface area contributed by atoms with Crippen LogP contribution >= 0.6 is 0 Å². The third kappa shape index (κ3) is 3.07. The van der Waals surface area contributed by atoms with Crippen LogP contribution in [0.2, 0.25) is 0 Å². The molecule has 0 aliphatic carbocycles. The van der Waals surface area contributed by atoms with E-state index in [0.29, 0.717) is 0 Å². The maximum Gasteiger partial charge on any atom is 0.338 e. The summed E-state index contributed by atoms with van der Waals surface area (Å²) in [6.45, 7) is 2.80. The fourth-order valence-corrected chi connectivity index (χ4v) is 2.98. The first-order valence-corrected chi connectivity index (χ1v) is 7.41. The van der Waals surface area contributed by atoms with Crippen LogP contribution in [0.3, 0.4) is 0 Å². The average molecular weight is 314 g/mol. The highest BCUT2D eigenvalue weighted by atomic mass is 32.2. The lowest BCUT2D eigenvalue weighted by Crippen LogP contribution is -2.10. The molecule has 0 fully saturated rings. The SMILES string of the molecule is Cc1nnc(CS(=O)(=O)c2cc(C)c(F)c(C(=O)O)c2)o1. The molecule has 0 saturated heterocycles. The molecule has 1 aromatic carbocycles. The Morgan fingerprint density at radius 2 is 2.00 bits per heavy atom. The van der Waals surface area contributed by atoms with Gasteiger partial charge < -0.3 is 9.52 Å². The number of hydrogen-bond donors (Lipinski definition) is 1. The summed E-state index contributed by atoms with van der Waals surface area (Å²) in [4.78, 5) is 10.6. The molecule has 112 valence electrons. The Kier molecular flexibility index (Phi) is 3.77. The van der Waals surface area contributed by atoms with E-state index < -0.39 is 32.9 Å². The number of carbonyl (C=O) groups is 1. The van der Waals surface area contributed by atoms with Gasteiger partial charge in [0.2, 0.25) is 11.8 Å². The highest BCUT2D eigenvalue weighted by Crippen LogP contribution is 2.22. The van der Waals surface area contributed by atoms with Crippen LogP contribution in [0.15, 0.2) is 21.4 Å². The largest absolute Gasteiger partial charge is 0.478 e. The van der Waals surface area contributed by atoms with Gasteiger partial charge in [-0.25, -0.2) is 17.6 Å². The molecule has 0 aliphatic heterocycles. The zero-order chi connectivity index (χ0) is 15.8. The first-order valence-electron chi connectivity index (χ1n) is 5.76. The summed E-state index contributed by atoms with van der Waals surface area (Å²) in [5.41, 5.74) is -0.773. The van der Waals surface area contributed by atoms with Gasteiger partial charge in [0.15, 0.2) is 9.84 Å². The van der Waals surface area contributed by atoms with Crippen molar-refractivity contribution in [1.82, 2.24) is 10.2 Å². The fraction of sp³-hybridized carbons (Fsp3) is 0.250. The van der Waals surface area contributed by atoms with E-state index >= 15 is 0 Å². The number of aromatic nitrogens is 2. The molecule has 0 amide bonds. The quantitative estimate of drug-likeness (QED) is 0.851. The van der Waals surface area contributed by atoms with Crippen molar-refractivity contribution in [3.63, 3.8) is 0 Å². The van der Waals surface area contributed by atoms with Crippen molar-refractivity contribution >= 4 is 15.8 Å². The van der Waals surface area contributed by atoms with E-state index in [1.807, 2.05) is 0 Å². The molecule has 9 heteroatoms. The van der Waals surface area contributed by atoms with Crippen molar-refractivity contribution in [3.05, 3.63) is 40.9 Å². The molecular formula is C12H11FN2O5S. The molecular weight excluding hydrogens is 303 g/mol. The topological polar surface area (TPSA) is 110 Å². The number of aryl methyl sites for hydroxylation is 2. The Morgan fingerprint density at radius 3 is 2.52 bits per heavy atom. The molecule has 21 heavy (non-hydrogen) atoms. The van der Waals surface area contributed by atoms with E-state index in [-0.39, 0.29) is 22.2 Å². The van der Waals surface area contributed by atoms with Crippen LogP contribution in [0.1, 0.15) is 27.7 Å². The Morgan fingerprint density at radius 1 is 1.33 bits per heavy atom. The van der Waals surface area contributed by atoms with Gasteiger partial charge in [0, 0.05) is 6.92 Å². The number of benzene rings is 1. The molecule has 0 atom stereocenters. The van der Waals surface area contributed by atoms with Crippen molar-refractivity contribution in [2.24, 2.45) is 0 Å². The molecule has 1 heterocycles. The lowest BCUT2D eigenvalue weighted by atomic mass is 10.1. The summed E-state index contributed by atoms with van der Waals surface area (Å²) in [6, 6.07) is 1.85. The van der Waals surface area contributed by atoms with Crippen LogP contribution < -0.4 is 0 Å². The molecule has 1 N–H and O–H groups in total. The second kappa shape index (κ2) is 5.24. The first kappa shape index (κ1) is 15.1. The van der Waals surface area contributed by atoms with Gasteiger partial charge in [-0.1, -0.05) is 0 Å². The first-order chi connectivity index (χ1) is 9.70. The number of carboxylic acids is 1. The van der Waals surface area contributed by atoms with Gasteiger partial charge in [0.25, 0.3) is 0 Å². The van der Waals surface area contributed by atoms with Crippen LogP contribution in [-0.2, 0) is 15.6 Å². The molecule has 0 bridgehead atoms. The van der Waals surface area contributed by atoms with Crippen LogP contribution in [0.5, 0.6) is 0 Å². The zero-order valence-corrected chi connectivity index (χ0v) is 11.9. The van der Waals surface area contributed by atoms with Gasteiger partial charge in [-0.2, -0.15) is 0 Å². The van der Waals surface area contributed by atoms with E-state index in [0.717, 1.165) is 12.1 Å². The number of halogens is 1. The summed E-state index contributed by atoms with van der Waals surface area (Å²) < 4.78 is 43.0. The molecule has 2 aromatic rings. The van der Waals surface area contributed by atoms with Crippen molar-refractivity contribution in [1.29, 1.82) is 0 Å². The molecule has 0 aliphatic rings. The third-order valence-corrected chi connectivity index (χ3v) is 4.28. The fourth-order valence-electron chi connectivity index (χ4n) is 1.71. The van der Waals surface area contributed by atoms with Crippen molar-refractivity contribution < 1.29 is 27.1 Å². The highest BCUT2D eigenvalue weighted by Gasteiger charge is 2.23. The van der Waals surface area contributed by atoms with Gasteiger partial charge in [-0.05, 0) is 24.6 Å². The Bertz CT molecular complexity index is 813. The van der Waals surface area contributed by atoms with Crippen molar-refractivity contribution in [3.8, 4) is 0 Å². The number of carboxylic acid groups (broad SMARTS) is 1. The van der Waals surface area contributed by atoms with Crippen LogP contribution in [0.4, 0.5) is 4.39 Å². The molecule has 0 spiro atoms.